The number of benzene rings is 1. The van der Waals surface area contributed by atoms with Crippen molar-refractivity contribution in [3.05, 3.63) is 45.3 Å². The molecule has 172 valence electrons. The fraction of sp³-hybridized carbons (Fsp3) is 0.429. The topological polar surface area (TPSA) is 134 Å². The summed E-state index contributed by atoms with van der Waals surface area (Å²) in [5.74, 6) is -0.351. The average Bonchev–Trinajstić information content (AvgIpc) is 3.06. The lowest BCUT2D eigenvalue weighted by Crippen LogP contribution is -2.23. The highest BCUT2D eigenvalue weighted by atomic mass is 35.5. The Hall–Kier alpha value is -2.72. The Morgan fingerprint density at radius 2 is 1.88 bits per heavy atom. The molecule has 11 heteroatoms. The van der Waals surface area contributed by atoms with Crippen LogP contribution in [0.2, 0.25) is 5.02 Å². The predicted octanol–water partition coefficient (Wildman–Crippen LogP) is 4.01. The first-order chi connectivity index (χ1) is 15.2. The van der Waals surface area contributed by atoms with Crippen molar-refractivity contribution in [2.75, 3.05) is 11.1 Å². The Kier molecular flexibility index (Phi) is 7.35. The van der Waals surface area contributed by atoms with Gasteiger partial charge in [-0.3, -0.25) is 9.36 Å². The van der Waals surface area contributed by atoms with Gasteiger partial charge in [0.15, 0.2) is 11.5 Å². The molecule has 3 aromatic rings. The highest BCUT2D eigenvalue weighted by molar-refractivity contribution is 7.92. The molecule has 1 amide bonds. The molecule has 0 aliphatic carbocycles. The number of hydrogen-bond donors (Lipinski definition) is 3. The van der Waals surface area contributed by atoms with Gasteiger partial charge in [-0.1, -0.05) is 44.5 Å². The quantitative estimate of drug-likeness (QED) is 0.399. The molecule has 0 spiro atoms. The van der Waals surface area contributed by atoms with Crippen LogP contribution in [0.5, 0.6) is 0 Å². The van der Waals surface area contributed by atoms with Gasteiger partial charge in [0.05, 0.1) is 6.54 Å². The van der Waals surface area contributed by atoms with Gasteiger partial charge in [-0.2, -0.15) is 9.97 Å². The van der Waals surface area contributed by atoms with E-state index in [2.05, 4.69) is 20.3 Å². The lowest BCUT2D eigenvalue weighted by molar-refractivity contribution is -0.120. The van der Waals surface area contributed by atoms with Crippen LogP contribution < -0.4 is 11.0 Å². The van der Waals surface area contributed by atoms with Gasteiger partial charge in [0.1, 0.15) is 15.2 Å². The summed E-state index contributed by atoms with van der Waals surface area (Å²) in [5.41, 5.74) is 0.774. The third kappa shape index (κ3) is 5.02. The van der Waals surface area contributed by atoms with Gasteiger partial charge < -0.3 is 10.3 Å². The van der Waals surface area contributed by atoms with Crippen molar-refractivity contribution in [3.63, 3.8) is 0 Å². The van der Waals surface area contributed by atoms with Crippen molar-refractivity contribution in [2.24, 2.45) is 5.92 Å². The second-order valence-electron chi connectivity index (χ2n) is 7.58. The van der Waals surface area contributed by atoms with E-state index in [4.69, 9.17) is 16.4 Å². The van der Waals surface area contributed by atoms with Gasteiger partial charge in [-0.15, -0.1) is 0 Å². The summed E-state index contributed by atoms with van der Waals surface area (Å²) in [4.78, 5) is 36.8. The van der Waals surface area contributed by atoms with E-state index in [9.17, 15) is 13.8 Å². The molecule has 32 heavy (non-hydrogen) atoms. The first-order valence-corrected chi connectivity index (χ1v) is 12.6. The number of halogens is 1. The number of carbonyl (C=O) groups excluding carboxylic acids is 1. The molecule has 0 saturated carbocycles. The molecule has 0 aliphatic heterocycles. The molecule has 3 N–H and O–H groups in total. The molecule has 0 bridgehead atoms. The number of anilines is 1. The van der Waals surface area contributed by atoms with Crippen LogP contribution in [0, 0.1) is 10.7 Å². The van der Waals surface area contributed by atoms with Gasteiger partial charge in [-0.25, -0.2) is 13.8 Å². The highest BCUT2D eigenvalue weighted by Gasteiger charge is 2.23. The molecule has 1 unspecified atom stereocenters. The fourth-order valence-electron chi connectivity index (χ4n) is 3.42. The van der Waals surface area contributed by atoms with Crippen LogP contribution in [-0.4, -0.2) is 35.4 Å². The van der Waals surface area contributed by atoms with Gasteiger partial charge >= 0.3 is 5.69 Å². The van der Waals surface area contributed by atoms with Crippen LogP contribution >= 0.6 is 11.6 Å². The van der Waals surface area contributed by atoms with E-state index < -0.39 is 15.4 Å². The minimum absolute atomic E-state index is 0.0601. The van der Waals surface area contributed by atoms with E-state index in [0.29, 0.717) is 24.3 Å². The van der Waals surface area contributed by atoms with Crippen molar-refractivity contribution in [1.29, 1.82) is 4.78 Å². The zero-order valence-corrected chi connectivity index (χ0v) is 19.8. The second kappa shape index (κ2) is 9.83. The number of imidazole rings is 1. The molecule has 0 aliphatic rings. The largest absolute Gasteiger partial charge is 0.328 e. The van der Waals surface area contributed by atoms with Crippen molar-refractivity contribution in [1.82, 2.24) is 19.5 Å². The Labute approximate surface area is 191 Å². The summed E-state index contributed by atoms with van der Waals surface area (Å²) in [6.07, 6.45) is 1.79. The molecule has 9 nitrogen and oxygen atoms in total. The molecular weight excluding hydrogens is 452 g/mol. The molecule has 0 fully saturated rings. The van der Waals surface area contributed by atoms with Crippen LogP contribution in [0.1, 0.15) is 45.6 Å². The zero-order chi connectivity index (χ0) is 23.5. The average molecular weight is 479 g/mol. The third-order valence-corrected chi connectivity index (χ3v) is 7.25. The normalized spacial score (nSPS) is 13.4. The van der Waals surface area contributed by atoms with Crippen LogP contribution in [0.3, 0.4) is 0 Å². The number of carbonyl (C=O) groups is 1. The van der Waals surface area contributed by atoms with E-state index in [1.165, 1.54) is 4.57 Å². The SMILES string of the molecule is CCCS(=N)(=O)c1nc(NC(=O)C(CC)CC)c2[nH]c(=O)n(Cc3ccc(Cl)cc3)c2n1. The third-order valence-electron chi connectivity index (χ3n) is 5.24. The number of aromatic amines is 1. The number of nitrogens with one attached hydrogen (secondary N) is 3. The first-order valence-electron chi connectivity index (χ1n) is 10.5. The van der Waals surface area contributed by atoms with E-state index in [-0.39, 0.29) is 46.3 Å². The first kappa shape index (κ1) is 23.9. The number of fused-ring (bicyclic) bond motifs is 1. The summed E-state index contributed by atoms with van der Waals surface area (Å²) in [7, 11) is -3.30. The van der Waals surface area contributed by atoms with Crippen molar-refractivity contribution in [2.45, 2.75) is 51.7 Å². The lowest BCUT2D eigenvalue weighted by atomic mass is 10.0. The van der Waals surface area contributed by atoms with Gasteiger partial charge in [0, 0.05) is 16.7 Å². The summed E-state index contributed by atoms with van der Waals surface area (Å²) in [6, 6.07) is 7.01. The van der Waals surface area contributed by atoms with E-state index >= 15 is 0 Å². The highest BCUT2D eigenvalue weighted by Crippen LogP contribution is 2.23. The van der Waals surface area contributed by atoms with E-state index in [0.717, 1.165) is 5.56 Å². The Morgan fingerprint density at radius 1 is 1.22 bits per heavy atom. The molecule has 0 saturated heterocycles. The molecular formula is C21H27ClN6O3S. The Morgan fingerprint density at radius 3 is 2.47 bits per heavy atom. The zero-order valence-electron chi connectivity index (χ0n) is 18.3. The number of amides is 1. The number of hydrogen-bond acceptors (Lipinski definition) is 6. The van der Waals surface area contributed by atoms with Crippen molar-refractivity contribution >= 4 is 44.2 Å². The van der Waals surface area contributed by atoms with Crippen LogP contribution in [-0.2, 0) is 21.1 Å². The van der Waals surface area contributed by atoms with Gasteiger partial charge in [-0.05, 0) is 37.0 Å². The summed E-state index contributed by atoms with van der Waals surface area (Å²) < 4.78 is 22.6. The van der Waals surface area contributed by atoms with Gasteiger partial charge in [0.2, 0.25) is 11.1 Å². The number of rotatable bonds is 9. The van der Waals surface area contributed by atoms with E-state index in [1.807, 2.05) is 20.8 Å². The maximum Gasteiger partial charge on any atom is 0.328 e. The predicted molar refractivity (Wildman–Crippen MR) is 126 cm³/mol. The minimum Gasteiger partial charge on any atom is -0.309 e. The lowest BCUT2D eigenvalue weighted by Gasteiger charge is -2.14. The van der Waals surface area contributed by atoms with Crippen molar-refractivity contribution < 1.29 is 9.00 Å². The van der Waals surface area contributed by atoms with E-state index in [1.54, 1.807) is 24.3 Å². The molecule has 2 aromatic heterocycles. The summed E-state index contributed by atoms with van der Waals surface area (Å²) in [5, 5.41) is 3.13. The van der Waals surface area contributed by atoms with Crippen LogP contribution in [0.4, 0.5) is 5.82 Å². The smallest absolute Gasteiger partial charge is 0.309 e. The maximum atomic E-state index is 12.9. The standard InChI is InChI=1S/C21H27ClN6O3S/c1-4-11-32(23,31)20-26-17(25-19(29)14(5-2)6-3)16-18(27-20)28(21(30)24-16)12-13-7-9-15(22)10-8-13/h7-10,14,23H,4-6,11-12H2,1-3H3,(H,24,30)(H,25,26,27,29). The maximum absolute atomic E-state index is 12.9. The monoisotopic (exact) mass is 478 g/mol. The van der Waals surface area contributed by atoms with Crippen LogP contribution in [0.15, 0.2) is 34.2 Å². The molecule has 2 heterocycles. The summed E-state index contributed by atoms with van der Waals surface area (Å²) >= 11 is 5.95. The minimum atomic E-state index is -3.30. The Balaban J connectivity index is 2.18. The second-order valence-corrected chi connectivity index (χ2v) is 10.1. The number of nitrogens with zero attached hydrogens (tertiary/aromatic N) is 3. The van der Waals surface area contributed by atoms with Crippen molar-refractivity contribution in [3.8, 4) is 0 Å². The molecule has 3 rings (SSSR count). The number of aromatic nitrogens is 4. The summed E-state index contributed by atoms with van der Waals surface area (Å²) in [6.45, 7) is 5.82. The Bertz CT molecular complexity index is 1280. The molecule has 0 radical (unpaired) electrons. The molecule has 1 aromatic carbocycles. The fourth-order valence-corrected chi connectivity index (χ4v) is 4.78. The van der Waals surface area contributed by atoms with Gasteiger partial charge in [0.25, 0.3) is 0 Å². The van der Waals surface area contributed by atoms with Crippen LogP contribution in [0.25, 0.3) is 11.2 Å². The number of H-pyrrole nitrogens is 1. The molecule has 1 atom stereocenters.